The lowest BCUT2D eigenvalue weighted by molar-refractivity contribution is -0.168. The summed E-state index contributed by atoms with van der Waals surface area (Å²) in [7, 11) is 3.20. The Hall–Kier alpha value is -3.19. The van der Waals surface area contributed by atoms with Gasteiger partial charge in [-0.25, -0.2) is 0 Å². The van der Waals surface area contributed by atoms with Crippen LogP contribution in [-0.2, 0) is 16.1 Å². The van der Waals surface area contributed by atoms with Crippen molar-refractivity contribution in [3.63, 3.8) is 0 Å². The third-order valence-electron chi connectivity index (χ3n) is 5.71. The van der Waals surface area contributed by atoms with Crippen LogP contribution >= 0.6 is 0 Å². The van der Waals surface area contributed by atoms with Crippen molar-refractivity contribution in [2.75, 3.05) is 27.3 Å². The molecule has 0 spiro atoms. The molecule has 0 aliphatic carbocycles. The number of likely N-dealkylation sites (tertiary alicyclic amines) is 1. The van der Waals surface area contributed by atoms with Crippen LogP contribution in [0, 0.1) is 0 Å². The summed E-state index contributed by atoms with van der Waals surface area (Å²) in [6.45, 7) is 1.61. The molecule has 7 heteroatoms. The van der Waals surface area contributed by atoms with Gasteiger partial charge in [-0.2, -0.15) is 0 Å². The van der Waals surface area contributed by atoms with Crippen molar-refractivity contribution < 1.29 is 19.1 Å². The molecule has 0 saturated carbocycles. The largest absolute Gasteiger partial charge is 0.497 e. The van der Waals surface area contributed by atoms with Gasteiger partial charge >= 0.3 is 0 Å². The normalized spacial score (nSPS) is 21.1. The molecule has 1 aromatic carbocycles. The standard InChI is InChI=1S/C23H25N3O4/c1-29-18-8-6-16(7-9-18)15-26-20(21(30-2)23(26)28)17-10-13-25(14-11-17)22(27)19-5-3-4-12-24-19/h3-10,12,20-21H,11,13-15H2,1-2H3. The smallest absolute Gasteiger partial charge is 0.272 e. The molecule has 156 valence electrons. The van der Waals surface area contributed by atoms with Crippen LogP contribution in [0.25, 0.3) is 0 Å². The van der Waals surface area contributed by atoms with Gasteiger partial charge in [-0.05, 0) is 41.8 Å². The van der Waals surface area contributed by atoms with Gasteiger partial charge in [0.25, 0.3) is 11.8 Å². The number of methoxy groups -OCH3 is 2. The Bertz CT molecular complexity index is 943. The molecule has 0 bridgehead atoms. The number of nitrogens with zero attached hydrogens (tertiary/aromatic N) is 3. The molecule has 2 atom stereocenters. The van der Waals surface area contributed by atoms with Crippen molar-refractivity contribution in [3.8, 4) is 5.75 Å². The minimum atomic E-state index is -0.465. The van der Waals surface area contributed by atoms with Crippen LogP contribution in [0.15, 0.2) is 60.3 Å². The highest BCUT2D eigenvalue weighted by Gasteiger charge is 2.49. The Labute approximate surface area is 175 Å². The Kier molecular flexibility index (Phi) is 5.81. The molecule has 3 heterocycles. The van der Waals surface area contributed by atoms with E-state index in [9.17, 15) is 9.59 Å². The Morgan fingerprint density at radius 1 is 1.17 bits per heavy atom. The number of β-lactam (4-membered cyclic amide) rings is 1. The summed E-state index contributed by atoms with van der Waals surface area (Å²) in [4.78, 5) is 33.0. The summed E-state index contributed by atoms with van der Waals surface area (Å²) in [6.07, 6.45) is 3.91. The zero-order valence-corrected chi connectivity index (χ0v) is 17.2. The monoisotopic (exact) mass is 407 g/mol. The molecule has 2 aliphatic heterocycles. The Balaban J connectivity index is 1.46. The minimum absolute atomic E-state index is 0.00814. The highest BCUT2D eigenvalue weighted by Crippen LogP contribution is 2.33. The van der Waals surface area contributed by atoms with Crippen LogP contribution in [-0.4, -0.2) is 66.1 Å². The van der Waals surface area contributed by atoms with Gasteiger partial charge in [0.2, 0.25) is 0 Å². The lowest BCUT2D eigenvalue weighted by Gasteiger charge is -2.48. The molecule has 4 rings (SSSR count). The molecule has 1 saturated heterocycles. The van der Waals surface area contributed by atoms with Crippen molar-refractivity contribution >= 4 is 11.8 Å². The van der Waals surface area contributed by atoms with E-state index in [-0.39, 0.29) is 17.9 Å². The number of rotatable bonds is 6. The number of hydrogen-bond acceptors (Lipinski definition) is 5. The molecule has 1 aromatic heterocycles. The van der Waals surface area contributed by atoms with Crippen molar-refractivity contribution in [2.45, 2.75) is 25.1 Å². The van der Waals surface area contributed by atoms with Crippen molar-refractivity contribution in [2.24, 2.45) is 0 Å². The highest BCUT2D eigenvalue weighted by molar-refractivity contribution is 5.92. The third-order valence-corrected chi connectivity index (χ3v) is 5.71. The lowest BCUT2D eigenvalue weighted by Crippen LogP contribution is -2.66. The number of hydrogen-bond donors (Lipinski definition) is 0. The molecular weight excluding hydrogens is 382 g/mol. The zero-order valence-electron chi connectivity index (χ0n) is 17.2. The first-order chi connectivity index (χ1) is 14.6. The molecule has 0 N–H and O–H groups in total. The summed E-state index contributed by atoms with van der Waals surface area (Å²) in [5.41, 5.74) is 2.62. The molecule has 2 amide bonds. The van der Waals surface area contributed by atoms with E-state index in [1.165, 1.54) is 0 Å². The summed E-state index contributed by atoms with van der Waals surface area (Å²) < 4.78 is 10.7. The van der Waals surface area contributed by atoms with Crippen LogP contribution in [0.5, 0.6) is 5.75 Å². The quantitative estimate of drug-likeness (QED) is 0.543. The van der Waals surface area contributed by atoms with Crippen LogP contribution in [0.4, 0.5) is 0 Å². The second-order valence-electron chi connectivity index (χ2n) is 7.41. The molecule has 2 aliphatic rings. The maximum atomic E-state index is 12.6. The number of aromatic nitrogens is 1. The predicted molar refractivity (Wildman–Crippen MR) is 111 cm³/mol. The number of ether oxygens (including phenoxy) is 2. The fourth-order valence-corrected chi connectivity index (χ4v) is 4.03. The Morgan fingerprint density at radius 3 is 2.57 bits per heavy atom. The fourth-order valence-electron chi connectivity index (χ4n) is 4.03. The van der Waals surface area contributed by atoms with Gasteiger partial charge in [-0.3, -0.25) is 14.6 Å². The first kappa shape index (κ1) is 20.1. The highest BCUT2D eigenvalue weighted by atomic mass is 16.5. The average molecular weight is 407 g/mol. The molecule has 1 fully saturated rings. The van der Waals surface area contributed by atoms with Gasteiger partial charge in [0.05, 0.1) is 13.2 Å². The van der Waals surface area contributed by atoms with Crippen molar-refractivity contribution in [3.05, 3.63) is 71.6 Å². The van der Waals surface area contributed by atoms with Crippen LogP contribution in [0.1, 0.15) is 22.5 Å². The van der Waals surface area contributed by atoms with Crippen LogP contribution in [0.3, 0.4) is 0 Å². The average Bonchev–Trinajstić information content (AvgIpc) is 2.81. The molecule has 2 aromatic rings. The Morgan fingerprint density at radius 2 is 1.97 bits per heavy atom. The number of carbonyl (C=O) groups is 2. The van der Waals surface area contributed by atoms with Gasteiger partial charge < -0.3 is 19.3 Å². The first-order valence-corrected chi connectivity index (χ1v) is 9.98. The zero-order chi connectivity index (χ0) is 21.1. The van der Waals surface area contributed by atoms with Gasteiger partial charge in [-0.15, -0.1) is 0 Å². The maximum Gasteiger partial charge on any atom is 0.272 e. The van der Waals surface area contributed by atoms with E-state index in [1.807, 2.05) is 35.2 Å². The number of pyridine rings is 1. The fraction of sp³-hybridized carbons (Fsp3) is 0.348. The van der Waals surface area contributed by atoms with E-state index in [0.29, 0.717) is 31.7 Å². The summed E-state index contributed by atoms with van der Waals surface area (Å²) in [6, 6.07) is 12.9. The van der Waals surface area contributed by atoms with Crippen LogP contribution < -0.4 is 4.74 Å². The molecule has 2 unspecified atom stereocenters. The van der Waals surface area contributed by atoms with E-state index in [4.69, 9.17) is 9.47 Å². The molecule has 30 heavy (non-hydrogen) atoms. The van der Waals surface area contributed by atoms with E-state index < -0.39 is 6.10 Å². The van der Waals surface area contributed by atoms with Gasteiger partial charge in [0.15, 0.2) is 6.10 Å². The van der Waals surface area contributed by atoms with E-state index in [1.54, 1.807) is 37.4 Å². The van der Waals surface area contributed by atoms with Crippen molar-refractivity contribution in [1.29, 1.82) is 0 Å². The third kappa shape index (κ3) is 3.80. The van der Waals surface area contributed by atoms with E-state index >= 15 is 0 Å². The van der Waals surface area contributed by atoms with Crippen molar-refractivity contribution in [1.82, 2.24) is 14.8 Å². The number of carbonyl (C=O) groups excluding carboxylic acids is 2. The minimum Gasteiger partial charge on any atom is -0.497 e. The van der Waals surface area contributed by atoms with E-state index in [2.05, 4.69) is 11.1 Å². The van der Waals surface area contributed by atoms with Gasteiger partial charge in [-0.1, -0.05) is 24.3 Å². The second-order valence-corrected chi connectivity index (χ2v) is 7.41. The molecule has 7 nitrogen and oxygen atoms in total. The first-order valence-electron chi connectivity index (χ1n) is 9.98. The van der Waals surface area contributed by atoms with E-state index in [0.717, 1.165) is 16.9 Å². The summed E-state index contributed by atoms with van der Waals surface area (Å²) in [5, 5.41) is 0. The number of amides is 2. The topological polar surface area (TPSA) is 72.0 Å². The SMILES string of the molecule is COc1ccc(CN2C(=O)C(OC)C2C2=CCN(C(=O)c3ccccn3)CC2)cc1. The second kappa shape index (κ2) is 8.67. The number of benzene rings is 1. The van der Waals surface area contributed by atoms with Gasteiger partial charge in [0, 0.05) is 32.9 Å². The van der Waals surface area contributed by atoms with Crippen LogP contribution in [0.2, 0.25) is 0 Å². The van der Waals surface area contributed by atoms with Gasteiger partial charge in [0.1, 0.15) is 11.4 Å². The summed E-state index contributed by atoms with van der Waals surface area (Å²) >= 11 is 0. The maximum absolute atomic E-state index is 12.6. The lowest BCUT2D eigenvalue weighted by atomic mass is 9.86. The summed E-state index contributed by atoms with van der Waals surface area (Å²) in [5.74, 6) is 0.702. The molecular formula is C23H25N3O4. The molecule has 0 radical (unpaired) electrons. The predicted octanol–water partition coefficient (Wildman–Crippen LogP) is 2.29.